The molecule has 0 amide bonds. The van der Waals surface area contributed by atoms with Crippen LogP contribution in [-0.2, 0) is 0 Å². The maximum Gasteiger partial charge on any atom is 0 e. The summed E-state index contributed by atoms with van der Waals surface area (Å²) in [7, 11) is 0. The van der Waals surface area contributed by atoms with E-state index in [1.165, 1.54) is 0 Å². The average Bonchev–Trinajstić information content (AvgIpc) is 0. The zero-order valence-electron chi connectivity index (χ0n) is 1.51. The summed E-state index contributed by atoms with van der Waals surface area (Å²) in [4.78, 5) is 0. The summed E-state index contributed by atoms with van der Waals surface area (Å²) in [5, 5.41) is 0. The predicted molar refractivity (Wildman–Crippen MR) is 0 cm³/mol. The van der Waals surface area contributed by atoms with E-state index < -0.39 is 0 Å². The van der Waals surface area contributed by atoms with Gasteiger partial charge in [0, 0.05) is 14.3 Å². The van der Waals surface area contributed by atoms with Gasteiger partial charge in [0.05, 0.1) is 0 Å². The summed E-state index contributed by atoms with van der Waals surface area (Å²) in [5.41, 5.74) is 0. The molecule has 0 fully saturated rings. The van der Waals surface area contributed by atoms with Crippen molar-refractivity contribution in [1.82, 2.24) is 0 Å². The van der Waals surface area contributed by atoms with Crippen LogP contribution in [0.1, 0.15) is 0 Å². The normalized spacial score (nSPS) is 0. The monoisotopic (exact) mass is 478 g/mol. The first-order valence-corrected chi connectivity index (χ1v) is 0. The van der Waals surface area contributed by atoms with Crippen molar-refractivity contribution in [2.45, 2.75) is 0 Å². The van der Waals surface area contributed by atoms with Gasteiger partial charge < -0.3 is 50.9 Å². The number of halogens is 3. The zero-order chi connectivity index (χ0) is 0. The van der Waals surface area contributed by atoms with Gasteiger partial charge in [-0.3, -0.25) is 0 Å². The van der Waals surface area contributed by atoms with E-state index >= 15 is 0 Å². The smallest absolute Gasteiger partial charge is 0 e. The molecule has 0 N–H and O–H groups in total. The minimum absolute atomic E-state index is 0. The third-order valence-corrected chi connectivity index (χ3v) is 0. The molecule has 31 valence electrons. The summed E-state index contributed by atoms with van der Waals surface area (Å²) < 4.78 is 0. The fourth-order valence-corrected chi connectivity index (χ4v) is 0. The van der Waals surface area contributed by atoms with Gasteiger partial charge in [0.1, 0.15) is 0 Å². The molecule has 0 nitrogen and oxygen atoms in total. The minimum atomic E-state index is 0. The summed E-state index contributed by atoms with van der Waals surface area (Å²) >= 11 is 0. The van der Waals surface area contributed by atoms with E-state index in [0.717, 1.165) is 0 Å². The van der Waals surface area contributed by atoms with Crippen LogP contribution in [0.5, 0.6) is 0 Å². The molecule has 0 aliphatic rings. The Kier molecular flexibility index (Phi) is 215. The Balaban J connectivity index is 0. The third-order valence-electron chi connectivity index (χ3n) is 0. The Morgan fingerprint density at radius 3 is 0.500 bits per heavy atom. The third kappa shape index (κ3) is 9.16. The van der Waals surface area contributed by atoms with Crippen LogP contribution in [0.4, 0.5) is 0 Å². The number of hydrogen-bond donors (Lipinski definition) is 0. The topological polar surface area (TPSA) is 0 Å². The maximum absolute atomic E-state index is 0. The van der Waals surface area contributed by atoms with Gasteiger partial charge in [-0.25, -0.2) is 0 Å². The van der Waals surface area contributed by atoms with Crippen LogP contribution in [0.2, 0.25) is 0 Å². The SMILES string of the molecule is [Am].[Br-].[Br-].[Br-]. The molecule has 0 aliphatic heterocycles. The second kappa shape index (κ2) is 21.2. The first-order chi connectivity index (χ1) is 0. The van der Waals surface area contributed by atoms with Crippen LogP contribution in [-0.4, -0.2) is 0 Å². The molecular formula is AmBr3-3. The van der Waals surface area contributed by atoms with E-state index in [1.54, 1.807) is 0 Å². The van der Waals surface area contributed by atoms with Crippen LogP contribution >= 0.6 is 0 Å². The first-order valence-electron chi connectivity index (χ1n) is 0. The van der Waals surface area contributed by atoms with Gasteiger partial charge in [-0.05, 0) is 0 Å². The summed E-state index contributed by atoms with van der Waals surface area (Å²) in [6, 6.07) is 0. The van der Waals surface area contributed by atoms with Gasteiger partial charge in [-0.15, -0.1) is 0 Å². The van der Waals surface area contributed by atoms with Crippen molar-refractivity contribution in [2.24, 2.45) is 0 Å². The Bertz CT molecular complexity index is 3.25. The standard InChI is InChI=1S/Am.3BrH/h;3*1H/p-3. The Morgan fingerprint density at radius 1 is 0.500 bits per heavy atom. The van der Waals surface area contributed by atoms with Gasteiger partial charge in [0.15, 0.2) is 0 Å². The van der Waals surface area contributed by atoms with Crippen molar-refractivity contribution in [1.29, 1.82) is 0 Å². The molecule has 0 atom stereocenters. The fraction of sp³-hybridized carbons (Fsp3) is 0. The Labute approximate surface area is 64.9 Å². The van der Waals surface area contributed by atoms with E-state index in [-0.39, 0.29) is 65.2 Å². The molecule has 0 bridgehead atoms. The van der Waals surface area contributed by atoms with Gasteiger partial charge >= 0.3 is 0 Å². The van der Waals surface area contributed by atoms with Crippen LogP contribution in [0.15, 0.2) is 0 Å². The molecule has 1 radical (unpaired) electrons. The van der Waals surface area contributed by atoms with E-state index in [4.69, 9.17) is 0 Å². The van der Waals surface area contributed by atoms with Gasteiger partial charge in [0.2, 0.25) is 0 Å². The summed E-state index contributed by atoms with van der Waals surface area (Å²) in [6.07, 6.45) is 0. The molecule has 0 heterocycles. The van der Waals surface area contributed by atoms with Crippen molar-refractivity contribution >= 4 is 0 Å². The van der Waals surface area contributed by atoms with Crippen molar-refractivity contribution in [3.63, 3.8) is 0 Å². The van der Waals surface area contributed by atoms with E-state index in [1.807, 2.05) is 0 Å². The van der Waals surface area contributed by atoms with Crippen LogP contribution < -0.4 is 50.9 Å². The van der Waals surface area contributed by atoms with Crippen molar-refractivity contribution in [3.8, 4) is 0 Å². The van der Waals surface area contributed by atoms with Crippen molar-refractivity contribution in [2.75, 3.05) is 0 Å². The number of hydrogen-bond acceptors (Lipinski definition) is 0. The quantitative estimate of drug-likeness (QED) is 0.322. The molecule has 0 saturated heterocycles. The molecule has 0 aliphatic carbocycles. The van der Waals surface area contributed by atoms with Crippen LogP contribution in [0, 0.1) is 14.3 Å². The van der Waals surface area contributed by atoms with Gasteiger partial charge in [-0.2, -0.15) is 0 Å². The fourth-order valence-electron chi connectivity index (χ4n) is 0. The second-order valence-electron chi connectivity index (χ2n) is 0. The predicted octanol–water partition coefficient (Wildman–Crippen LogP) is -8.99. The molecule has 0 aromatic carbocycles. The van der Waals surface area contributed by atoms with Crippen LogP contribution in [0.3, 0.4) is 0 Å². The molecule has 0 aromatic heterocycles. The Morgan fingerprint density at radius 2 is 0.500 bits per heavy atom. The van der Waals surface area contributed by atoms with Gasteiger partial charge in [0.25, 0.3) is 0 Å². The summed E-state index contributed by atoms with van der Waals surface area (Å²) in [5.74, 6) is 0. The zero-order valence-corrected chi connectivity index (χ0v) is 9.42. The molecule has 0 saturated carbocycles. The summed E-state index contributed by atoms with van der Waals surface area (Å²) in [6.45, 7) is 0. The minimum Gasteiger partial charge on any atom is -1.00 e. The van der Waals surface area contributed by atoms with Gasteiger partial charge in [-0.1, -0.05) is 0 Å². The molecule has 0 unspecified atom stereocenters. The Hall–Kier alpha value is 1.83. The molecule has 0 rings (SSSR count). The largest absolute Gasteiger partial charge is 1.00 e. The van der Waals surface area contributed by atoms with E-state index in [0.29, 0.717) is 0 Å². The average molecular weight is 483 g/mol. The molecule has 0 aromatic rings. The molecule has 0 spiro atoms. The first kappa shape index (κ1) is 40.6. The van der Waals surface area contributed by atoms with E-state index in [2.05, 4.69) is 0 Å². The molecular weight excluding hydrogens is 483 g/mol. The maximum atomic E-state index is 0. The van der Waals surface area contributed by atoms with Crippen LogP contribution in [0.25, 0.3) is 0 Å². The van der Waals surface area contributed by atoms with Crippen molar-refractivity contribution in [3.05, 3.63) is 0 Å². The molecule has 4 heavy (non-hydrogen) atoms. The molecule has 4 heteroatoms. The number of rotatable bonds is 0. The van der Waals surface area contributed by atoms with Crippen molar-refractivity contribution < 1.29 is 65.2 Å². The van der Waals surface area contributed by atoms with E-state index in [9.17, 15) is 0 Å². The second-order valence-corrected chi connectivity index (χ2v) is 0.